The summed E-state index contributed by atoms with van der Waals surface area (Å²) in [6.45, 7) is 0. The van der Waals surface area contributed by atoms with E-state index in [0.29, 0.717) is 12.3 Å². The summed E-state index contributed by atoms with van der Waals surface area (Å²) >= 11 is 0. The van der Waals surface area contributed by atoms with E-state index in [2.05, 4.69) is 5.32 Å². The van der Waals surface area contributed by atoms with Crippen LogP contribution in [-0.4, -0.2) is 17.0 Å². The van der Waals surface area contributed by atoms with Crippen molar-refractivity contribution in [2.24, 2.45) is 5.92 Å². The van der Waals surface area contributed by atoms with Gasteiger partial charge in [-0.3, -0.25) is 9.59 Å². The molecule has 0 spiro atoms. The van der Waals surface area contributed by atoms with E-state index in [0.717, 1.165) is 29.7 Å². The molecule has 0 saturated heterocycles. The number of hydrogen-bond acceptors (Lipinski definition) is 2. The summed E-state index contributed by atoms with van der Waals surface area (Å²) < 4.78 is 0. The van der Waals surface area contributed by atoms with Crippen molar-refractivity contribution in [3.8, 4) is 0 Å². The Morgan fingerprint density at radius 1 is 1.44 bits per heavy atom. The molecule has 2 aliphatic rings. The average Bonchev–Trinajstić information content (AvgIpc) is 3.06. The van der Waals surface area contributed by atoms with E-state index in [1.165, 1.54) is 0 Å². The third-order valence-electron chi connectivity index (χ3n) is 3.81. The molecule has 94 valence electrons. The normalized spacial score (nSPS) is 19.2. The van der Waals surface area contributed by atoms with Crippen molar-refractivity contribution >= 4 is 17.6 Å². The highest BCUT2D eigenvalue weighted by Gasteiger charge is 2.36. The molecular formula is C14H15NO3. The van der Waals surface area contributed by atoms with Crippen molar-refractivity contribution < 1.29 is 14.7 Å². The number of rotatable bonds is 4. The quantitative estimate of drug-likeness (QED) is 0.854. The summed E-state index contributed by atoms with van der Waals surface area (Å²) in [6, 6.07) is 5.76. The fourth-order valence-electron chi connectivity index (χ4n) is 2.84. The first-order valence-corrected chi connectivity index (χ1v) is 6.28. The second-order valence-corrected chi connectivity index (χ2v) is 5.14. The molecule has 2 N–H and O–H groups in total. The van der Waals surface area contributed by atoms with Gasteiger partial charge in [-0.1, -0.05) is 12.1 Å². The lowest BCUT2D eigenvalue weighted by Gasteiger charge is -2.17. The van der Waals surface area contributed by atoms with Gasteiger partial charge in [0.1, 0.15) is 0 Å². The van der Waals surface area contributed by atoms with Crippen molar-refractivity contribution in [2.75, 3.05) is 5.32 Å². The molecule has 0 bridgehead atoms. The number of carbonyl (C=O) groups excluding carboxylic acids is 1. The van der Waals surface area contributed by atoms with Crippen LogP contribution < -0.4 is 5.32 Å². The number of carboxylic acid groups (broad SMARTS) is 1. The van der Waals surface area contributed by atoms with E-state index in [9.17, 15) is 9.59 Å². The molecule has 1 heterocycles. The molecule has 1 saturated carbocycles. The predicted octanol–water partition coefficient (Wildman–Crippen LogP) is 2.15. The van der Waals surface area contributed by atoms with E-state index >= 15 is 0 Å². The van der Waals surface area contributed by atoms with Gasteiger partial charge >= 0.3 is 5.97 Å². The van der Waals surface area contributed by atoms with Crippen LogP contribution in [0.4, 0.5) is 5.69 Å². The van der Waals surface area contributed by atoms with Gasteiger partial charge in [-0.2, -0.15) is 0 Å². The minimum absolute atomic E-state index is 0.00215. The maximum absolute atomic E-state index is 11.5. The number of fused-ring (bicyclic) bond motifs is 1. The molecule has 1 aromatic rings. The Balaban J connectivity index is 1.97. The van der Waals surface area contributed by atoms with Crippen LogP contribution in [0.25, 0.3) is 0 Å². The summed E-state index contributed by atoms with van der Waals surface area (Å²) in [5, 5.41) is 11.9. The molecule has 1 aliphatic heterocycles. The zero-order valence-corrected chi connectivity index (χ0v) is 9.98. The SMILES string of the molecule is O=C(O)CC(c1cccc2c1CC(=O)N2)C1CC1. The maximum Gasteiger partial charge on any atom is 0.303 e. The number of carboxylic acids is 1. The minimum Gasteiger partial charge on any atom is -0.481 e. The largest absolute Gasteiger partial charge is 0.481 e. The Labute approximate surface area is 105 Å². The number of carbonyl (C=O) groups is 2. The Kier molecular flexibility index (Phi) is 2.58. The molecule has 1 aliphatic carbocycles. The van der Waals surface area contributed by atoms with Gasteiger partial charge in [0, 0.05) is 5.69 Å². The number of anilines is 1. The standard InChI is InChI=1S/C14H15NO3/c16-13-6-11-9(2-1-3-12(11)15-13)10(7-14(17)18)8-4-5-8/h1-3,8,10H,4-7H2,(H,15,16)(H,17,18). The Hall–Kier alpha value is -1.84. The van der Waals surface area contributed by atoms with Crippen molar-refractivity contribution in [3.63, 3.8) is 0 Å². The van der Waals surface area contributed by atoms with Crippen LogP contribution in [0.3, 0.4) is 0 Å². The van der Waals surface area contributed by atoms with E-state index in [1.807, 2.05) is 18.2 Å². The Morgan fingerprint density at radius 2 is 2.22 bits per heavy atom. The molecular weight excluding hydrogens is 230 g/mol. The van der Waals surface area contributed by atoms with Crippen LogP contribution in [0.5, 0.6) is 0 Å². The summed E-state index contributed by atoms with van der Waals surface area (Å²) in [4.78, 5) is 22.5. The molecule has 3 rings (SSSR count). The molecule has 1 aromatic carbocycles. The van der Waals surface area contributed by atoms with Crippen LogP contribution >= 0.6 is 0 Å². The molecule has 1 fully saturated rings. The van der Waals surface area contributed by atoms with Gasteiger partial charge in [-0.15, -0.1) is 0 Å². The van der Waals surface area contributed by atoms with E-state index in [-0.39, 0.29) is 18.2 Å². The van der Waals surface area contributed by atoms with Crippen LogP contribution in [0.1, 0.15) is 36.3 Å². The van der Waals surface area contributed by atoms with Crippen molar-refractivity contribution in [1.29, 1.82) is 0 Å². The number of benzene rings is 1. The van der Waals surface area contributed by atoms with Gasteiger partial charge in [0.2, 0.25) is 5.91 Å². The molecule has 4 nitrogen and oxygen atoms in total. The topological polar surface area (TPSA) is 66.4 Å². The maximum atomic E-state index is 11.5. The fourth-order valence-corrected chi connectivity index (χ4v) is 2.84. The highest BCUT2D eigenvalue weighted by molar-refractivity contribution is 5.99. The van der Waals surface area contributed by atoms with Crippen molar-refractivity contribution in [3.05, 3.63) is 29.3 Å². The fraction of sp³-hybridized carbons (Fsp3) is 0.429. The lowest BCUT2D eigenvalue weighted by atomic mass is 9.87. The third kappa shape index (κ3) is 1.98. The van der Waals surface area contributed by atoms with E-state index in [4.69, 9.17) is 5.11 Å². The first kappa shape index (κ1) is 11.3. The van der Waals surface area contributed by atoms with E-state index < -0.39 is 5.97 Å². The lowest BCUT2D eigenvalue weighted by Crippen LogP contribution is -2.10. The number of hydrogen-bond donors (Lipinski definition) is 2. The predicted molar refractivity (Wildman–Crippen MR) is 66.5 cm³/mol. The molecule has 1 atom stereocenters. The average molecular weight is 245 g/mol. The van der Waals surface area contributed by atoms with Gasteiger partial charge in [0.25, 0.3) is 0 Å². The summed E-state index contributed by atoms with van der Waals surface area (Å²) in [7, 11) is 0. The molecule has 0 radical (unpaired) electrons. The minimum atomic E-state index is -0.762. The van der Waals surface area contributed by atoms with Gasteiger partial charge in [0.05, 0.1) is 12.8 Å². The van der Waals surface area contributed by atoms with Crippen LogP contribution in [-0.2, 0) is 16.0 Å². The van der Waals surface area contributed by atoms with Gasteiger partial charge < -0.3 is 10.4 Å². The highest BCUT2D eigenvalue weighted by Crippen LogP contribution is 2.46. The molecule has 1 amide bonds. The van der Waals surface area contributed by atoms with Crippen molar-refractivity contribution in [2.45, 2.75) is 31.6 Å². The van der Waals surface area contributed by atoms with Gasteiger partial charge in [-0.25, -0.2) is 0 Å². The number of nitrogens with one attached hydrogen (secondary N) is 1. The van der Waals surface area contributed by atoms with E-state index in [1.54, 1.807) is 0 Å². The van der Waals surface area contributed by atoms with Gasteiger partial charge in [-0.05, 0) is 41.9 Å². The van der Waals surface area contributed by atoms with Gasteiger partial charge in [0.15, 0.2) is 0 Å². The monoisotopic (exact) mass is 245 g/mol. The molecule has 1 unspecified atom stereocenters. The second kappa shape index (κ2) is 4.12. The summed E-state index contributed by atoms with van der Waals surface area (Å²) in [5.74, 6) is -0.224. The molecule has 0 aromatic heterocycles. The summed E-state index contributed by atoms with van der Waals surface area (Å²) in [6.07, 6.45) is 2.75. The lowest BCUT2D eigenvalue weighted by molar-refractivity contribution is -0.137. The van der Waals surface area contributed by atoms with Crippen molar-refractivity contribution in [1.82, 2.24) is 0 Å². The first-order chi connectivity index (χ1) is 8.65. The number of amides is 1. The first-order valence-electron chi connectivity index (χ1n) is 6.28. The zero-order chi connectivity index (χ0) is 12.7. The second-order valence-electron chi connectivity index (χ2n) is 5.14. The zero-order valence-electron chi connectivity index (χ0n) is 9.98. The number of aliphatic carboxylic acids is 1. The van der Waals surface area contributed by atoms with Crippen LogP contribution in [0, 0.1) is 5.92 Å². The molecule has 18 heavy (non-hydrogen) atoms. The highest BCUT2D eigenvalue weighted by atomic mass is 16.4. The molecule has 4 heteroatoms. The smallest absolute Gasteiger partial charge is 0.303 e. The van der Waals surface area contributed by atoms with Crippen LogP contribution in [0.2, 0.25) is 0 Å². The third-order valence-corrected chi connectivity index (χ3v) is 3.81. The summed E-state index contributed by atoms with van der Waals surface area (Å²) in [5.41, 5.74) is 2.91. The Morgan fingerprint density at radius 3 is 2.89 bits per heavy atom. The van der Waals surface area contributed by atoms with Crippen LogP contribution in [0.15, 0.2) is 18.2 Å². The Bertz CT molecular complexity index is 520.